The van der Waals surface area contributed by atoms with Crippen LogP contribution in [-0.4, -0.2) is 10.9 Å². The van der Waals surface area contributed by atoms with Gasteiger partial charge >= 0.3 is 0 Å². The molecule has 3 N–H and O–H groups in total. The molecule has 0 atom stereocenters. The number of nitrogens with two attached hydrogens (primary N) is 1. The van der Waals surface area contributed by atoms with Gasteiger partial charge in [-0.2, -0.15) is 0 Å². The van der Waals surface area contributed by atoms with Crippen LogP contribution in [0.25, 0.3) is 17.0 Å². The van der Waals surface area contributed by atoms with Crippen LogP contribution in [0, 0.1) is 12.7 Å². The van der Waals surface area contributed by atoms with Gasteiger partial charge in [-0.1, -0.05) is 0 Å². The number of fused-ring (bicyclic) bond motifs is 1. The van der Waals surface area contributed by atoms with Crippen LogP contribution in [0.15, 0.2) is 24.4 Å². The van der Waals surface area contributed by atoms with Gasteiger partial charge in [0.1, 0.15) is 5.82 Å². The second-order valence-electron chi connectivity index (χ2n) is 3.62. The fourth-order valence-corrected chi connectivity index (χ4v) is 1.66. The minimum absolute atomic E-state index is 0.334. The lowest BCUT2D eigenvalue weighted by Gasteiger charge is -1.98. The van der Waals surface area contributed by atoms with E-state index in [-0.39, 0.29) is 5.82 Å². The van der Waals surface area contributed by atoms with E-state index in [9.17, 15) is 9.18 Å². The van der Waals surface area contributed by atoms with Gasteiger partial charge in [0.05, 0.1) is 5.52 Å². The van der Waals surface area contributed by atoms with E-state index in [2.05, 4.69) is 4.98 Å². The Kier molecular flexibility index (Phi) is 2.48. The van der Waals surface area contributed by atoms with Gasteiger partial charge in [-0.15, -0.1) is 0 Å². The van der Waals surface area contributed by atoms with Crippen LogP contribution in [0.5, 0.6) is 0 Å². The molecule has 3 nitrogen and oxygen atoms in total. The highest BCUT2D eigenvalue weighted by atomic mass is 19.1. The van der Waals surface area contributed by atoms with Crippen molar-refractivity contribution in [1.82, 2.24) is 4.98 Å². The molecule has 0 spiro atoms. The molecule has 1 amide bonds. The van der Waals surface area contributed by atoms with Crippen LogP contribution in [0.2, 0.25) is 0 Å². The molecular formula is C12H11FN2O. The largest absolute Gasteiger partial charge is 0.366 e. The molecule has 82 valence electrons. The average Bonchev–Trinajstić information content (AvgIpc) is 2.57. The highest BCUT2D eigenvalue weighted by molar-refractivity contribution is 5.95. The number of halogens is 1. The summed E-state index contributed by atoms with van der Waals surface area (Å²) in [7, 11) is 0. The summed E-state index contributed by atoms with van der Waals surface area (Å²) in [5.41, 5.74) is 7.37. The van der Waals surface area contributed by atoms with Crippen molar-refractivity contribution >= 4 is 22.9 Å². The van der Waals surface area contributed by atoms with E-state index in [1.54, 1.807) is 6.20 Å². The molecule has 2 aromatic rings. The maximum Gasteiger partial charge on any atom is 0.241 e. The summed E-state index contributed by atoms with van der Waals surface area (Å²) in [5, 5.41) is 0.809. The lowest BCUT2D eigenvalue weighted by Crippen LogP contribution is -2.05. The van der Waals surface area contributed by atoms with Gasteiger partial charge in [0.25, 0.3) is 0 Å². The van der Waals surface area contributed by atoms with Crippen LogP contribution >= 0.6 is 0 Å². The van der Waals surface area contributed by atoms with Gasteiger partial charge in [-0.3, -0.25) is 4.79 Å². The number of hydrogen-bond donors (Lipinski definition) is 2. The Morgan fingerprint density at radius 2 is 2.25 bits per heavy atom. The zero-order chi connectivity index (χ0) is 11.7. The second-order valence-corrected chi connectivity index (χ2v) is 3.62. The van der Waals surface area contributed by atoms with Crippen LogP contribution < -0.4 is 5.73 Å². The van der Waals surface area contributed by atoms with E-state index in [0.717, 1.165) is 16.5 Å². The van der Waals surface area contributed by atoms with Crippen molar-refractivity contribution < 1.29 is 9.18 Å². The number of H-pyrrole nitrogens is 1. The van der Waals surface area contributed by atoms with E-state index in [1.165, 1.54) is 24.3 Å². The molecule has 0 fully saturated rings. The van der Waals surface area contributed by atoms with E-state index in [0.29, 0.717) is 5.56 Å². The summed E-state index contributed by atoms with van der Waals surface area (Å²) >= 11 is 0. The molecule has 1 aromatic heterocycles. The average molecular weight is 218 g/mol. The second kappa shape index (κ2) is 3.81. The minimum Gasteiger partial charge on any atom is -0.366 e. The first-order chi connectivity index (χ1) is 7.58. The molecule has 0 aliphatic rings. The highest BCUT2D eigenvalue weighted by Crippen LogP contribution is 2.23. The van der Waals surface area contributed by atoms with E-state index >= 15 is 0 Å². The number of benzene rings is 1. The van der Waals surface area contributed by atoms with Crippen molar-refractivity contribution in [2.75, 3.05) is 0 Å². The minimum atomic E-state index is -0.555. The lowest BCUT2D eigenvalue weighted by molar-refractivity contribution is -0.113. The molecule has 0 unspecified atom stereocenters. The van der Waals surface area contributed by atoms with Crippen LogP contribution in [-0.2, 0) is 4.79 Å². The van der Waals surface area contributed by atoms with Crippen molar-refractivity contribution in [3.8, 4) is 0 Å². The fraction of sp³-hybridized carbons (Fsp3) is 0.0833. The smallest absolute Gasteiger partial charge is 0.241 e. The molecule has 0 saturated heterocycles. The van der Waals surface area contributed by atoms with Gasteiger partial charge in [-0.05, 0) is 30.7 Å². The SMILES string of the molecule is Cc1c[nH]c2c(/C=C/C(N)=O)cc(F)cc12. The molecule has 0 aliphatic carbocycles. The summed E-state index contributed by atoms with van der Waals surface area (Å²) in [4.78, 5) is 13.7. The third-order valence-electron chi connectivity index (χ3n) is 2.42. The zero-order valence-electron chi connectivity index (χ0n) is 8.75. The number of carbonyl (C=O) groups is 1. The number of hydrogen-bond acceptors (Lipinski definition) is 1. The summed E-state index contributed by atoms with van der Waals surface area (Å²) < 4.78 is 13.3. The maximum absolute atomic E-state index is 13.3. The molecule has 2 rings (SSSR count). The van der Waals surface area contributed by atoms with Crippen LogP contribution in [0.3, 0.4) is 0 Å². The van der Waals surface area contributed by atoms with Crippen molar-refractivity contribution in [2.45, 2.75) is 6.92 Å². The normalized spacial score (nSPS) is 11.4. The first-order valence-electron chi connectivity index (χ1n) is 4.82. The first-order valence-corrected chi connectivity index (χ1v) is 4.82. The number of primary amides is 1. The number of amides is 1. The number of aromatic amines is 1. The van der Waals surface area contributed by atoms with Gasteiger partial charge in [-0.25, -0.2) is 4.39 Å². The highest BCUT2D eigenvalue weighted by Gasteiger charge is 2.05. The molecule has 0 aliphatic heterocycles. The van der Waals surface area contributed by atoms with Crippen molar-refractivity contribution in [1.29, 1.82) is 0 Å². The number of rotatable bonds is 2. The predicted octanol–water partition coefficient (Wildman–Crippen LogP) is 2.11. The molecule has 0 radical (unpaired) electrons. The maximum atomic E-state index is 13.3. The Bertz CT molecular complexity index is 584. The Balaban J connectivity index is 2.64. The van der Waals surface area contributed by atoms with E-state index < -0.39 is 5.91 Å². The van der Waals surface area contributed by atoms with Crippen LogP contribution in [0.4, 0.5) is 4.39 Å². The van der Waals surface area contributed by atoms with E-state index in [4.69, 9.17) is 5.73 Å². The van der Waals surface area contributed by atoms with Gasteiger partial charge in [0, 0.05) is 23.2 Å². The van der Waals surface area contributed by atoms with Crippen molar-refractivity contribution in [3.05, 3.63) is 41.3 Å². The third kappa shape index (κ3) is 1.82. The molecule has 0 bridgehead atoms. The number of nitrogens with one attached hydrogen (secondary N) is 1. The van der Waals surface area contributed by atoms with Gasteiger partial charge in [0.15, 0.2) is 0 Å². The quantitative estimate of drug-likeness (QED) is 0.745. The molecular weight excluding hydrogens is 207 g/mol. The molecule has 1 heterocycles. The number of aryl methyl sites for hydroxylation is 1. The molecule has 4 heteroatoms. The van der Waals surface area contributed by atoms with Crippen molar-refractivity contribution in [3.63, 3.8) is 0 Å². The summed E-state index contributed by atoms with van der Waals surface area (Å²) in [6.07, 6.45) is 4.51. The Morgan fingerprint density at radius 3 is 2.94 bits per heavy atom. The fourth-order valence-electron chi connectivity index (χ4n) is 1.66. The van der Waals surface area contributed by atoms with Crippen molar-refractivity contribution in [2.24, 2.45) is 5.73 Å². The Hall–Kier alpha value is -2.10. The number of carbonyl (C=O) groups excluding carboxylic acids is 1. The zero-order valence-corrected chi connectivity index (χ0v) is 8.75. The van der Waals surface area contributed by atoms with Crippen LogP contribution in [0.1, 0.15) is 11.1 Å². The summed E-state index contributed by atoms with van der Waals surface area (Å²) in [6, 6.07) is 2.82. The topological polar surface area (TPSA) is 58.9 Å². The molecule has 16 heavy (non-hydrogen) atoms. The summed E-state index contributed by atoms with van der Waals surface area (Å²) in [5.74, 6) is -0.889. The number of aromatic nitrogens is 1. The Morgan fingerprint density at radius 1 is 1.50 bits per heavy atom. The lowest BCUT2D eigenvalue weighted by atomic mass is 10.1. The van der Waals surface area contributed by atoms with Gasteiger partial charge in [0.2, 0.25) is 5.91 Å². The molecule has 0 saturated carbocycles. The van der Waals surface area contributed by atoms with Gasteiger partial charge < -0.3 is 10.7 Å². The molecule has 1 aromatic carbocycles. The third-order valence-corrected chi connectivity index (χ3v) is 2.42. The van der Waals surface area contributed by atoms with E-state index in [1.807, 2.05) is 6.92 Å². The monoisotopic (exact) mass is 218 g/mol. The first kappa shape index (κ1) is 10.4. The standard InChI is InChI=1S/C12H11FN2O/c1-7-6-15-12-8(2-3-11(14)16)4-9(13)5-10(7)12/h2-6,15H,1H3,(H2,14,16)/b3-2+. The summed E-state index contributed by atoms with van der Waals surface area (Å²) in [6.45, 7) is 1.89. The Labute approximate surface area is 91.8 Å². The predicted molar refractivity (Wildman–Crippen MR) is 61.2 cm³/mol.